The van der Waals surface area contributed by atoms with Crippen LogP contribution in [0.15, 0.2) is 81.7 Å². The summed E-state index contributed by atoms with van der Waals surface area (Å²) in [5.74, 6) is -0.251. The molecule has 2 aromatic carbocycles. The minimum atomic E-state index is -0.531. The zero-order valence-electron chi connectivity index (χ0n) is 15.1. The van der Waals surface area contributed by atoms with Crippen LogP contribution in [0.2, 0.25) is 0 Å². The summed E-state index contributed by atoms with van der Waals surface area (Å²) < 4.78 is 2.93. The summed E-state index contributed by atoms with van der Waals surface area (Å²) in [4.78, 5) is 40.4. The van der Waals surface area contributed by atoms with Crippen LogP contribution in [-0.2, 0) is 11.3 Å². The summed E-state index contributed by atoms with van der Waals surface area (Å²) in [6, 6.07) is 19.7. The predicted octanol–water partition coefficient (Wildman–Crippen LogP) is 2.88. The zero-order valence-corrected chi connectivity index (χ0v) is 15.9. The van der Waals surface area contributed by atoms with E-state index in [1.165, 1.54) is 20.8 Å². The smallest absolute Gasteiger partial charge is 0.314 e. The molecule has 0 unspecified atom stereocenters. The van der Waals surface area contributed by atoms with Gasteiger partial charge in [0.05, 0.1) is 11.2 Å². The minimum absolute atomic E-state index is 0.162. The van der Waals surface area contributed by atoms with E-state index in [1.54, 1.807) is 42.8 Å². The molecule has 0 fully saturated rings. The lowest BCUT2D eigenvalue weighted by Gasteiger charge is -2.19. The number of amides is 1. The Bertz CT molecular complexity index is 1260. The summed E-state index contributed by atoms with van der Waals surface area (Å²) in [6.45, 7) is -0.162. The van der Waals surface area contributed by atoms with E-state index in [2.05, 4.69) is 0 Å². The topological polar surface area (TPSA) is 64.3 Å². The van der Waals surface area contributed by atoms with Gasteiger partial charge in [-0.05, 0) is 35.7 Å². The van der Waals surface area contributed by atoms with Crippen molar-refractivity contribution < 1.29 is 4.79 Å². The number of carbonyl (C=O) groups is 1. The normalized spacial score (nSPS) is 10.9. The van der Waals surface area contributed by atoms with Gasteiger partial charge in [-0.1, -0.05) is 36.4 Å². The second-order valence-electron chi connectivity index (χ2n) is 6.27. The van der Waals surface area contributed by atoms with Crippen molar-refractivity contribution in [2.24, 2.45) is 0 Å². The fraction of sp³-hybridized carbons (Fsp3) is 0.0952. The van der Waals surface area contributed by atoms with E-state index in [0.717, 1.165) is 10.3 Å². The molecule has 0 spiro atoms. The molecule has 1 amide bonds. The molecule has 0 atom stereocenters. The SMILES string of the molecule is CN(C(=O)Cn1c(=O)n(-c2ccccc2)c(=O)c2sccc21)c1ccccc1. The van der Waals surface area contributed by atoms with E-state index in [9.17, 15) is 14.4 Å². The number of benzene rings is 2. The number of fused-ring (bicyclic) bond motifs is 1. The lowest BCUT2D eigenvalue weighted by atomic mass is 10.3. The van der Waals surface area contributed by atoms with E-state index in [4.69, 9.17) is 0 Å². The van der Waals surface area contributed by atoms with Gasteiger partial charge in [-0.25, -0.2) is 9.36 Å². The van der Waals surface area contributed by atoms with Gasteiger partial charge in [0, 0.05) is 12.7 Å². The van der Waals surface area contributed by atoms with Gasteiger partial charge in [-0.2, -0.15) is 0 Å². The molecule has 140 valence electrons. The monoisotopic (exact) mass is 391 g/mol. The zero-order chi connectivity index (χ0) is 19.7. The molecule has 0 aliphatic carbocycles. The summed E-state index contributed by atoms with van der Waals surface area (Å²) in [6.07, 6.45) is 0. The van der Waals surface area contributed by atoms with Crippen molar-refractivity contribution in [3.05, 3.63) is 92.9 Å². The van der Waals surface area contributed by atoms with Crippen molar-refractivity contribution in [1.29, 1.82) is 0 Å². The molecule has 0 saturated heterocycles. The Kier molecular flexibility index (Phi) is 4.67. The molecule has 0 radical (unpaired) electrons. The quantitative estimate of drug-likeness (QED) is 0.537. The van der Waals surface area contributed by atoms with Crippen LogP contribution in [0.4, 0.5) is 5.69 Å². The molecule has 0 saturated carbocycles. The Hall–Kier alpha value is -3.45. The predicted molar refractivity (Wildman–Crippen MR) is 112 cm³/mol. The van der Waals surface area contributed by atoms with Crippen molar-refractivity contribution in [1.82, 2.24) is 9.13 Å². The van der Waals surface area contributed by atoms with Gasteiger partial charge < -0.3 is 4.90 Å². The second kappa shape index (κ2) is 7.28. The van der Waals surface area contributed by atoms with Crippen LogP contribution in [0, 0.1) is 0 Å². The fourth-order valence-electron chi connectivity index (χ4n) is 3.08. The van der Waals surface area contributed by atoms with E-state index in [-0.39, 0.29) is 18.0 Å². The molecular formula is C21H17N3O3S. The number of aromatic nitrogens is 2. The molecule has 2 heterocycles. The van der Waals surface area contributed by atoms with E-state index < -0.39 is 5.69 Å². The molecule has 0 aliphatic heterocycles. The maximum atomic E-state index is 13.2. The summed E-state index contributed by atoms with van der Waals surface area (Å²) in [5, 5.41) is 1.75. The highest BCUT2D eigenvalue weighted by atomic mass is 32.1. The molecule has 28 heavy (non-hydrogen) atoms. The molecule has 4 aromatic rings. The fourth-order valence-corrected chi connectivity index (χ4v) is 3.91. The van der Waals surface area contributed by atoms with E-state index in [1.807, 2.05) is 36.4 Å². The van der Waals surface area contributed by atoms with Crippen LogP contribution in [0.5, 0.6) is 0 Å². The average Bonchev–Trinajstić information content (AvgIpc) is 3.22. The van der Waals surface area contributed by atoms with Crippen LogP contribution in [0.1, 0.15) is 0 Å². The van der Waals surface area contributed by atoms with Crippen molar-refractivity contribution in [2.75, 3.05) is 11.9 Å². The molecule has 0 bridgehead atoms. The third-order valence-corrected chi connectivity index (χ3v) is 5.47. The molecule has 0 aliphatic rings. The second-order valence-corrected chi connectivity index (χ2v) is 7.18. The number of likely N-dealkylation sites (N-methyl/N-ethyl adjacent to an activating group) is 1. The molecule has 0 N–H and O–H groups in total. The Morgan fingerprint density at radius 3 is 2.29 bits per heavy atom. The van der Waals surface area contributed by atoms with Gasteiger partial charge in [-0.15, -0.1) is 11.3 Å². The van der Waals surface area contributed by atoms with Gasteiger partial charge in [-0.3, -0.25) is 14.2 Å². The van der Waals surface area contributed by atoms with E-state index in [0.29, 0.717) is 15.9 Å². The van der Waals surface area contributed by atoms with Crippen molar-refractivity contribution in [3.8, 4) is 5.69 Å². The van der Waals surface area contributed by atoms with Gasteiger partial charge in [0.15, 0.2) is 0 Å². The number of anilines is 1. The van der Waals surface area contributed by atoms with Gasteiger partial charge >= 0.3 is 5.69 Å². The van der Waals surface area contributed by atoms with E-state index >= 15 is 0 Å². The summed E-state index contributed by atoms with van der Waals surface area (Å²) >= 11 is 1.26. The number of nitrogens with zero attached hydrogens (tertiary/aromatic N) is 3. The number of thiophene rings is 1. The molecular weight excluding hydrogens is 374 g/mol. The lowest BCUT2D eigenvalue weighted by molar-refractivity contribution is -0.118. The van der Waals surface area contributed by atoms with Crippen molar-refractivity contribution in [2.45, 2.75) is 6.54 Å². The van der Waals surface area contributed by atoms with Gasteiger partial charge in [0.2, 0.25) is 5.91 Å². The lowest BCUT2D eigenvalue weighted by Crippen LogP contribution is -2.41. The summed E-state index contributed by atoms with van der Waals surface area (Å²) in [7, 11) is 1.67. The number of carbonyl (C=O) groups excluding carboxylic acids is 1. The maximum absolute atomic E-state index is 13.2. The Balaban J connectivity index is 1.83. The standard InChI is InChI=1S/C21H17N3O3S/c1-22(15-8-4-2-5-9-15)18(25)14-23-17-12-13-28-19(17)20(26)24(21(23)27)16-10-6-3-7-11-16/h2-13H,14H2,1H3. The molecule has 4 rings (SSSR count). The molecule has 7 heteroatoms. The molecule has 2 aromatic heterocycles. The van der Waals surface area contributed by atoms with Crippen LogP contribution in [-0.4, -0.2) is 22.1 Å². The highest BCUT2D eigenvalue weighted by Crippen LogP contribution is 2.17. The number of para-hydroxylation sites is 2. The van der Waals surface area contributed by atoms with Crippen molar-refractivity contribution in [3.63, 3.8) is 0 Å². The first kappa shape index (κ1) is 17.9. The first-order chi connectivity index (χ1) is 13.6. The Morgan fingerprint density at radius 1 is 0.964 bits per heavy atom. The largest absolute Gasteiger partial charge is 0.336 e. The molecule has 6 nitrogen and oxygen atoms in total. The van der Waals surface area contributed by atoms with Crippen LogP contribution in [0.25, 0.3) is 15.9 Å². The summed E-state index contributed by atoms with van der Waals surface area (Å²) in [5.41, 5.74) is 0.782. The Labute approximate surface area is 164 Å². The number of hydrogen-bond acceptors (Lipinski definition) is 4. The van der Waals surface area contributed by atoms with Crippen LogP contribution < -0.4 is 16.1 Å². The minimum Gasteiger partial charge on any atom is -0.314 e. The van der Waals surface area contributed by atoms with Gasteiger partial charge in [0.25, 0.3) is 5.56 Å². The highest BCUT2D eigenvalue weighted by Gasteiger charge is 2.19. The van der Waals surface area contributed by atoms with Crippen molar-refractivity contribution >= 4 is 33.1 Å². The van der Waals surface area contributed by atoms with Crippen LogP contribution in [0.3, 0.4) is 0 Å². The Morgan fingerprint density at radius 2 is 1.61 bits per heavy atom. The highest BCUT2D eigenvalue weighted by molar-refractivity contribution is 7.17. The first-order valence-corrected chi connectivity index (χ1v) is 9.56. The van der Waals surface area contributed by atoms with Gasteiger partial charge in [0.1, 0.15) is 11.2 Å². The average molecular weight is 391 g/mol. The third kappa shape index (κ3) is 3.05. The first-order valence-electron chi connectivity index (χ1n) is 8.68. The maximum Gasteiger partial charge on any atom is 0.336 e. The number of hydrogen-bond donors (Lipinski definition) is 0. The third-order valence-electron chi connectivity index (χ3n) is 4.58. The number of rotatable bonds is 4. The van der Waals surface area contributed by atoms with Crippen LogP contribution >= 0.6 is 11.3 Å².